The van der Waals surface area contributed by atoms with Crippen LogP contribution in [0.3, 0.4) is 0 Å². The topological polar surface area (TPSA) is 131 Å². The number of carboxylic acids is 1. The largest absolute Gasteiger partial charge is 0.492 e. The molecule has 1 aliphatic rings. The molecule has 10 nitrogen and oxygen atoms in total. The molecule has 0 bridgehead atoms. The first kappa shape index (κ1) is 18.7. The molecule has 0 saturated heterocycles. The van der Waals surface area contributed by atoms with E-state index in [2.05, 4.69) is 25.9 Å². The number of hydrogen-bond acceptors (Lipinski definition) is 7. The number of nitrogens with zero attached hydrogens (tertiary/aromatic N) is 4. The third kappa shape index (κ3) is 3.56. The summed E-state index contributed by atoms with van der Waals surface area (Å²) >= 11 is 0. The number of hydrogen-bond donors (Lipinski definition) is 3. The number of anilines is 3. The molecule has 2 aromatic heterocycles. The maximum Gasteiger partial charge on any atom is 0.339 e. The lowest BCUT2D eigenvalue weighted by molar-refractivity contribution is -0.117. The number of carbonyl (C=O) groups excluding carboxylic acids is 1. The van der Waals surface area contributed by atoms with Crippen LogP contribution in [-0.4, -0.2) is 44.1 Å². The fourth-order valence-corrected chi connectivity index (χ4v) is 3.08. The van der Waals surface area contributed by atoms with Crippen molar-refractivity contribution in [3.63, 3.8) is 0 Å². The van der Waals surface area contributed by atoms with Crippen molar-refractivity contribution >= 4 is 40.1 Å². The van der Waals surface area contributed by atoms with Gasteiger partial charge in [0.25, 0.3) is 0 Å². The Bertz CT molecular complexity index is 1110. The van der Waals surface area contributed by atoms with Crippen LogP contribution in [0.5, 0.6) is 5.75 Å². The Morgan fingerprint density at radius 1 is 1.31 bits per heavy atom. The van der Waals surface area contributed by atoms with Crippen LogP contribution >= 0.6 is 0 Å². The first-order valence-electron chi connectivity index (χ1n) is 9.23. The molecule has 1 fully saturated rings. The summed E-state index contributed by atoms with van der Waals surface area (Å²) in [6, 6.07) is 5.02. The highest BCUT2D eigenvalue weighted by molar-refractivity contribution is 5.99. The fraction of sp³-hybridized carbons (Fsp3) is 0.316. The average Bonchev–Trinajstić information content (AvgIpc) is 3.48. The SMILES string of the molecule is CCn1nnc2ccc(Nc3cc(NC(=O)C4CC4)ncc3C(=O)O)c(OC)c21. The summed E-state index contributed by atoms with van der Waals surface area (Å²) in [5.74, 6) is -0.457. The van der Waals surface area contributed by atoms with E-state index in [9.17, 15) is 14.7 Å². The van der Waals surface area contributed by atoms with Gasteiger partial charge in [0.2, 0.25) is 5.91 Å². The number of rotatable bonds is 7. The predicted molar refractivity (Wildman–Crippen MR) is 106 cm³/mol. The number of aromatic nitrogens is 4. The van der Waals surface area contributed by atoms with Crippen LogP contribution in [0.2, 0.25) is 0 Å². The van der Waals surface area contributed by atoms with Crippen LogP contribution in [0.25, 0.3) is 11.0 Å². The summed E-state index contributed by atoms with van der Waals surface area (Å²) in [5.41, 5.74) is 2.17. The highest BCUT2D eigenvalue weighted by Gasteiger charge is 2.30. The fourth-order valence-electron chi connectivity index (χ4n) is 3.08. The molecule has 4 rings (SSSR count). The van der Waals surface area contributed by atoms with Crippen molar-refractivity contribution < 1.29 is 19.4 Å². The summed E-state index contributed by atoms with van der Waals surface area (Å²) in [5, 5.41) is 23.6. The Balaban J connectivity index is 1.74. The zero-order valence-corrected chi connectivity index (χ0v) is 16.0. The average molecular weight is 396 g/mol. The molecule has 1 aromatic carbocycles. The van der Waals surface area contributed by atoms with Crippen molar-refractivity contribution in [1.29, 1.82) is 0 Å². The predicted octanol–water partition coefficient (Wildman–Crippen LogP) is 2.65. The molecular formula is C19H20N6O4. The van der Waals surface area contributed by atoms with E-state index in [4.69, 9.17) is 4.74 Å². The number of ether oxygens (including phenoxy) is 1. The van der Waals surface area contributed by atoms with Gasteiger partial charge in [-0.25, -0.2) is 14.5 Å². The van der Waals surface area contributed by atoms with Gasteiger partial charge in [-0.05, 0) is 31.9 Å². The van der Waals surface area contributed by atoms with E-state index in [0.29, 0.717) is 29.0 Å². The van der Waals surface area contributed by atoms with Gasteiger partial charge in [0.05, 0.1) is 18.5 Å². The number of amides is 1. The minimum absolute atomic E-state index is 0.0108. The summed E-state index contributed by atoms with van der Waals surface area (Å²) in [4.78, 5) is 27.7. The van der Waals surface area contributed by atoms with Crippen molar-refractivity contribution in [3.8, 4) is 5.75 Å². The number of pyridine rings is 1. The molecule has 3 aromatic rings. The molecule has 1 saturated carbocycles. The van der Waals surface area contributed by atoms with Crippen LogP contribution in [-0.2, 0) is 11.3 Å². The van der Waals surface area contributed by atoms with Gasteiger partial charge in [0.15, 0.2) is 5.75 Å². The minimum atomic E-state index is -1.14. The van der Waals surface area contributed by atoms with Crippen LogP contribution in [0, 0.1) is 5.92 Å². The van der Waals surface area contributed by atoms with E-state index in [1.807, 2.05) is 6.92 Å². The van der Waals surface area contributed by atoms with Gasteiger partial charge < -0.3 is 20.5 Å². The number of carboxylic acid groups (broad SMARTS) is 1. The Morgan fingerprint density at radius 3 is 2.76 bits per heavy atom. The second-order valence-corrected chi connectivity index (χ2v) is 6.73. The van der Waals surface area contributed by atoms with E-state index in [0.717, 1.165) is 12.8 Å². The van der Waals surface area contributed by atoms with Crippen molar-refractivity contribution in [2.45, 2.75) is 26.3 Å². The summed E-state index contributed by atoms with van der Waals surface area (Å²) in [7, 11) is 1.53. The molecule has 0 radical (unpaired) electrons. The first-order valence-corrected chi connectivity index (χ1v) is 9.23. The highest BCUT2D eigenvalue weighted by atomic mass is 16.5. The number of aryl methyl sites for hydroxylation is 1. The molecule has 150 valence electrons. The van der Waals surface area contributed by atoms with Gasteiger partial charge in [-0.3, -0.25) is 4.79 Å². The second kappa shape index (κ2) is 7.38. The van der Waals surface area contributed by atoms with E-state index in [1.54, 1.807) is 16.8 Å². The lowest BCUT2D eigenvalue weighted by Gasteiger charge is -2.15. The van der Waals surface area contributed by atoms with Crippen molar-refractivity contribution in [1.82, 2.24) is 20.0 Å². The number of fused-ring (bicyclic) bond motifs is 1. The van der Waals surface area contributed by atoms with Crippen molar-refractivity contribution in [3.05, 3.63) is 30.0 Å². The molecule has 0 atom stereocenters. The third-order valence-electron chi connectivity index (χ3n) is 4.74. The molecule has 1 amide bonds. The maximum absolute atomic E-state index is 12.0. The number of benzene rings is 1. The first-order chi connectivity index (χ1) is 14.0. The van der Waals surface area contributed by atoms with E-state index >= 15 is 0 Å². The summed E-state index contributed by atoms with van der Waals surface area (Å²) in [6.07, 6.45) is 2.94. The maximum atomic E-state index is 12.0. The van der Waals surface area contributed by atoms with Crippen LogP contribution in [0.1, 0.15) is 30.1 Å². The zero-order valence-electron chi connectivity index (χ0n) is 16.0. The number of carbonyl (C=O) groups is 2. The summed E-state index contributed by atoms with van der Waals surface area (Å²) in [6.45, 7) is 2.54. The summed E-state index contributed by atoms with van der Waals surface area (Å²) < 4.78 is 7.27. The molecule has 29 heavy (non-hydrogen) atoms. The molecular weight excluding hydrogens is 376 g/mol. The molecule has 0 aliphatic heterocycles. The third-order valence-corrected chi connectivity index (χ3v) is 4.74. The highest BCUT2D eigenvalue weighted by Crippen LogP contribution is 2.36. The Hall–Kier alpha value is -3.69. The lowest BCUT2D eigenvalue weighted by atomic mass is 10.2. The molecule has 1 aliphatic carbocycles. The smallest absolute Gasteiger partial charge is 0.339 e. The second-order valence-electron chi connectivity index (χ2n) is 6.73. The van der Waals surface area contributed by atoms with E-state index in [-0.39, 0.29) is 28.9 Å². The number of aromatic carboxylic acids is 1. The van der Waals surface area contributed by atoms with Gasteiger partial charge in [-0.2, -0.15) is 0 Å². The van der Waals surface area contributed by atoms with Crippen LogP contribution in [0.15, 0.2) is 24.4 Å². The quantitative estimate of drug-likeness (QED) is 0.555. The monoisotopic (exact) mass is 396 g/mol. The standard InChI is InChI=1S/C19H20N6O4/c1-3-25-16-12(23-24-25)6-7-13(17(16)29-2)21-14-8-15(20-9-11(14)19(27)28)22-18(26)10-4-5-10/h6-10H,3-5H2,1-2H3,(H,27,28)(H2,20,21,22,26). The number of methoxy groups -OCH3 is 1. The molecule has 2 heterocycles. The van der Waals surface area contributed by atoms with Gasteiger partial charge in [-0.15, -0.1) is 5.10 Å². The van der Waals surface area contributed by atoms with E-state index < -0.39 is 5.97 Å². The Labute approximate surface area is 165 Å². The van der Waals surface area contributed by atoms with Crippen LogP contribution in [0.4, 0.5) is 17.2 Å². The van der Waals surface area contributed by atoms with Gasteiger partial charge in [0, 0.05) is 24.7 Å². The van der Waals surface area contributed by atoms with Crippen molar-refractivity contribution in [2.24, 2.45) is 5.92 Å². The molecule has 3 N–H and O–H groups in total. The number of nitrogens with one attached hydrogen (secondary N) is 2. The molecule has 0 unspecified atom stereocenters. The van der Waals surface area contributed by atoms with Gasteiger partial charge in [0.1, 0.15) is 22.4 Å². The normalized spacial score (nSPS) is 13.3. The molecule has 0 spiro atoms. The minimum Gasteiger partial charge on any atom is -0.492 e. The zero-order chi connectivity index (χ0) is 20.5. The Kier molecular flexibility index (Phi) is 4.75. The van der Waals surface area contributed by atoms with Gasteiger partial charge >= 0.3 is 5.97 Å². The lowest BCUT2D eigenvalue weighted by Crippen LogP contribution is -2.15. The Morgan fingerprint density at radius 2 is 2.10 bits per heavy atom. The van der Waals surface area contributed by atoms with Crippen molar-refractivity contribution in [2.75, 3.05) is 17.7 Å². The van der Waals surface area contributed by atoms with Gasteiger partial charge in [-0.1, -0.05) is 5.21 Å². The van der Waals surface area contributed by atoms with Crippen LogP contribution < -0.4 is 15.4 Å². The molecule has 10 heteroatoms. The van der Waals surface area contributed by atoms with E-state index in [1.165, 1.54) is 19.4 Å².